The second-order valence-electron chi connectivity index (χ2n) is 15.3. The van der Waals surface area contributed by atoms with Gasteiger partial charge in [0.05, 0.1) is 17.6 Å². The van der Waals surface area contributed by atoms with Gasteiger partial charge in [-0.3, -0.25) is 39.0 Å². The Morgan fingerprint density at radius 3 is 2.32 bits per heavy atom. The third kappa shape index (κ3) is 8.89. The molecule has 6 amide bonds. The maximum absolute atomic E-state index is 13.4. The quantitative estimate of drug-likeness (QED) is 0.171. The number of carbonyl (C=O) groups is 5. The van der Waals surface area contributed by atoms with Gasteiger partial charge in [0.15, 0.2) is 11.4 Å². The molecule has 4 fully saturated rings. The van der Waals surface area contributed by atoms with Crippen LogP contribution in [-0.2, 0) is 9.59 Å². The van der Waals surface area contributed by atoms with Gasteiger partial charge in [-0.05, 0) is 62.1 Å². The number of primary amides is 1. The van der Waals surface area contributed by atoms with Gasteiger partial charge in [0.2, 0.25) is 17.7 Å². The number of piperazine rings is 1. The summed E-state index contributed by atoms with van der Waals surface area (Å²) in [6.45, 7) is 3.18. The van der Waals surface area contributed by atoms with Crippen LogP contribution in [0.4, 0.5) is 40.8 Å². The number of nitrogens with two attached hydrogens (primary N) is 1. The van der Waals surface area contributed by atoms with Crippen LogP contribution in [0.1, 0.15) is 59.1 Å². The number of benzene rings is 1. The molecule has 18 nitrogen and oxygen atoms in total. The highest BCUT2D eigenvalue weighted by molar-refractivity contribution is 6.07. The van der Waals surface area contributed by atoms with Crippen molar-refractivity contribution in [2.75, 3.05) is 72.8 Å². The van der Waals surface area contributed by atoms with E-state index in [1.165, 1.54) is 23.2 Å². The van der Waals surface area contributed by atoms with E-state index >= 15 is 0 Å². The number of amides is 6. The Morgan fingerprint density at radius 1 is 0.933 bits per heavy atom. The van der Waals surface area contributed by atoms with Crippen LogP contribution in [0.15, 0.2) is 59.5 Å². The number of hydrogen-bond acceptors (Lipinski definition) is 12. The maximum Gasteiger partial charge on any atom is 0.405 e. The van der Waals surface area contributed by atoms with Gasteiger partial charge in [-0.15, -0.1) is 0 Å². The van der Waals surface area contributed by atoms with Gasteiger partial charge in [0.1, 0.15) is 18.6 Å². The summed E-state index contributed by atoms with van der Waals surface area (Å²) >= 11 is 0. The first-order valence-corrected chi connectivity index (χ1v) is 19.7. The number of hydrogen-bond donors (Lipinski definition) is 4. The molecule has 1 aliphatic carbocycles. The van der Waals surface area contributed by atoms with Crippen molar-refractivity contribution in [1.82, 2.24) is 34.9 Å². The minimum Gasteiger partial charge on any atom is -0.444 e. The average molecular weight is 833 g/mol. The summed E-state index contributed by atoms with van der Waals surface area (Å²) in [6, 6.07) is 10.2. The number of halogens is 3. The molecular formula is C39H43F3N12O6. The largest absolute Gasteiger partial charge is 0.444 e. The molecule has 316 valence electrons. The first-order valence-electron chi connectivity index (χ1n) is 19.7. The van der Waals surface area contributed by atoms with E-state index in [9.17, 15) is 37.1 Å². The summed E-state index contributed by atoms with van der Waals surface area (Å²) in [5, 5.41) is 11.6. The topological polar surface area (TPSA) is 217 Å². The molecule has 4 aromatic rings. The average Bonchev–Trinajstić information content (AvgIpc) is 3.89. The lowest BCUT2D eigenvalue weighted by molar-refractivity contribution is -0.138. The molecule has 3 aliphatic heterocycles. The van der Waals surface area contributed by atoms with E-state index < -0.39 is 30.6 Å². The standard InChI is InChI=1S/C39H43F3N12O6/c40-39(41,42)22-45-31-17-23(9-11-44-31)36-47-30(21-60-36)35(57)46-29-20-54(49-33(29)34(43)56)28-7-3-25(4-8-28)50-13-15-51(16-14-50)37(58)24-18-52(19-24)26-1-5-27(6-2-26)53-12-10-32(55)48-38(53)59/h1-2,5-6,9,11,17,20-21,24-25,28H,3-4,7-8,10,12-16,18-19,22H2,(H2,43,56)(H,44,45)(H,46,57)(H,48,55,59). The third-order valence-corrected chi connectivity index (χ3v) is 11.4. The molecule has 8 rings (SSSR count). The number of nitrogens with one attached hydrogen (secondary N) is 3. The predicted molar refractivity (Wildman–Crippen MR) is 210 cm³/mol. The zero-order chi connectivity index (χ0) is 42.1. The molecule has 1 saturated carbocycles. The summed E-state index contributed by atoms with van der Waals surface area (Å²) in [7, 11) is 0. The van der Waals surface area contributed by atoms with Crippen LogP contribution in [0, 0.1) is 5.92 Å². The Hall–Kier alpha value is -6.51. The van der Waals surface area contributed by atoms with Gasteiger partial charge in [-0.2, -0.15) is 18.3 Å². The molecule has 3 saturated heterocycles. The first kappa shape index (κ1) is 40.3. The number of carbonyl (C=O) groups excluding carboxylic acids is 5. The van der Waals surface area contributed by atoms with E-state index in [1.807, 2.05) is 29.2 Å². The van der Waals surface area contributed by atoms with E-state index in [2.05, 4.69) is 40.8 Å². The number of nitrogens with zero attached hydrogens (tertiary/aromatic N) is 8. The second-order valence-corrected chi connectivity index (χ2v) is 15.3. The molecular weight excluding hydrogens is 790 g/mol. The minimum absolute atomic E-state index is 0.0219. The summed E-state index contributed by atoms with van der Waals surface area (Å²) < 4.78 is 45.0. The zero-order valence-corrected chi connectivity index (χ0v) is 32.4. The van der Waals surface area contributed by atoms with Crippen LogP contribution in [0.25, 0.3) is 11.5 Å². The van der Waals surface area contributed by atoms with E-state index in [4.69, 9.17) is 10.2 Å². The van der Waals surface area contributed by atoms with Crippen LogP contribution in [-0.4, -0.2) is 124 Å². The Morgan fingerprint density at radius 2 is 1.63 bits per heavy atom. The molecule has 4 aliphatic rings. The van der Waals surface area contributed by atoms with Crippen LogP contribution >= 0.6 is 0 Å². The fraction of sp³-hybridized carbons (Fsp3) is 0.436. The van der Waals surface area contributed by atoms with Gasteiger partial charge in [0, 0.05) is 87.6 Å². The molecule has 0 unspecified atom stereocenters. The highest BCUT2D eigenvalue weighted by Crippen LogP contribution is 2.34. The molecule has 60 heavy (non-hydrogen) atoms. The lowest BCUT2D eigenvalue weighted by Crippen LogP contribution is -2.59. The number of urea groups is 1. The highest BCUT2D eigenvalue weighted by Gasteiger charge is 2.38. The lowest BCUT2D eigenvalue weighted by Gasteiger charge is -2.45. The van der Waals surface area contributed by atoms with Gasteiger partial charge < -0.3 is 30.6 Å². The highest BCUT2D eigenvalue weighted by atomic mass is 19.4. The van der Waals surface area contributed by atoms with Crippen molar-refractivity contribution in [2.45, 2.75) is 50.4 Å². The Labute approximate surface area is 341 Å². The minimum atomic E-state index is -4.44. The van der Waals surface area contributed by atoms with E-state index in [-0.39, 0.29) is 59.0 Å². The number of oxazole rings is 1. The molecule has 0 bridgehead atoms. The van der Waals surface area contributed by atoms with Gasteiger partial charge in [0.25, 0.3) is 11.8 Å². The maximum atomic E-state index is 13.4. The van der Waals surface area contributed by atoms with E-state index in [0.29, 0.717) is 50.0 Å². The van der Waals surface area contributed by atoms with Crippen molar-refractivity contribution in [2.24, 2.45) is 11.7 Å². The number of anilines is 4. The smallest absolute Gasteiger partial charge is 0.405 e. The van der Waals surface area contributed by atoms with Crippen molar-refractivity contribution >= 4 is 52.5 Å². The van der Waals surface area contributed by atoms with Crippen molar-refractivity contribution in [3.05, 3.63) is 66.4 Å². The SMILES string of the molecule is NC(=O)c1nn(C2CCC(N3CCN(C(=O)C4CN(c5ccc(N6CCC(=O)NC6=O)cc5)C4)CC3)CC2)cc1NC(=O)c1coc(-c2ccnc(NCC(F)(F)F)c2)n1. The summed E-state index contributed by atoms with van der Waals surface area (Å²) in [6.07, 6.45) is 3.09. The van der Waals surface area contributed by atoms with E-state index in [1.54, 1.807) is 10.9 Å². The number of alkyl halides is 3. The predicted octanol–water partition coefficient (Wildman–Crippen LogP) is 3.47. The van der Waals surface area contributed by atoms with Crippen molar-refractivity contribution in [1.29, 1.82) is 0 Å². The van der Waals surface area contributed by atoms with Crippen LogP contribution in [0.2, 0.25) is 0 Å². The van der Waals surface area contributed by atoms with Crippen LogP contribution in [0.3, 0.4) is 0 Å². The molecule has 0 atom stereocenters. The number of pyridine rings is 1. The summed E-state index contributed by atoms with van der Waals surface area (Å²) in [4.78, 5) is 78.7. The number of imide groups is 1. The monoisotopic (exact) mass is 832 g/mol. The fourth-order valence-electron chi connectivity index (χ4n) is 8.15. The molecule has 0 spiro atoms. The van der Waals surface area contributed by atoms with Crippen molar-refractivity contribution in [3.8, 4) is 11.5 Å². The Balaban J connectivity index is 0.791. The second kappa shape index (κ2) is 16.6. The third-order valence-electron chi connectivity index (χ3n) is 11.4. The van der Waals surface area contributed by atoms with Gasteiger partial charge in [-0.1, -0.05) is 0 Å². The Kier molecular flexibility index (Phi) is 11.2. The number of rotatable bonds is 11. The normalized spacial score (nSPS) is 20.4. The van der Waals surface area contributed by atoms with Crippen LogP contribution < -0.4 is 31.5 Å². The first-order chi connectivity index (χ1) is 28.8. The van der Waals surface area contributed by atoms with E-state index in [0.717, 1.165) is 50.7 Å². The van der Waals surface area contributed by atoms with Crippen molar-refractivity contribution in [3.63, 3.8) is 0 Å². The Bertz CT molecular complexity index is 2260. The molecule has 3 aromatic heterocycles. The number of aromatic nitrogens is 4. The van der Waals surface area contributed by atoms with Crippen LogP contribution in [0.5, 0.6) is 0 Å². The van der Waals surface area contributed by atoms with Crippen molar-refractivity contribution < 1.29 is 41.6 Å². The zero-order valence-electron chi connectivity index (χ0n) is 32.4. The van der Waals surface area contributed by atoms with Gasteiger partial charge in [-0.25, -0.2) is 14.8 Å². The lowest BCUT2D eigenvalue weighted by atomic mass is 9.89. The molecule has 1 aromatic carbocycles. The molecule has 21 heteroatoms. The molecule has 5 N–H and O–H groups in total. The molecule has 0 radical (unpaired) electrons. The fourth-order valence-corrected chi connectivity index (χ4v) is 8.15. The molecule has 6 heterocycles. The summed E-state index contributed by atoms with van der Waals surface area (Å²) in [5.41, 5.74) is 7.47. The summed E-state index contributed by atoms with van der Waals surface area (Å²) in [5.74, 6) is -1.79. The van der Waals surface area contributed by atoms with Gasteiger partial charge >= 0.3 is 12.2 Å².